The normalized spacial score (nSPS) is 19.2. The fourth-order valence-corrected chi connectivity index (χ4v) is 2.73. The summed E-state index contributed by atoms with van der Waals surface area (Å²) >= 11 is 1.91. The molecule has 1 saturated heterocycles. The van der Waals surface area contributed by atoms with Crippen LogP contribution in [0.15, 0.2) is 11.2 Å². The predicted molar refractivity (Wildman–Crippen MR) is 67.4 cm³/mol. The molecule has 5 nitrogen and oxygen atoms in total. The highest BCUT2D eigenvalue weighted by molar-refractivity contribution is 8.02. The quantitative estimate of drug-likeness (QED) is 0.688. The Hall–Kier alpha value is -0.880. The van der Waals surface area contributed by atoms with E-state index in [1.165, 1.54) is 38.2 Å². The van der Waals surface area contributed by atoms with Crippen LogP contribution in [0.2, 0.25) is 0 Å². The highest BCUT2D eigenvalue weighted by atomic mass is 32.2. The molecule has 2 heterocycles. The summed E-state index contributed by atoms with van der Waals surface area (Å²) in [5, 5.41) is 9.19. The lowest BCUT2D eigenvalue weighted by Crippen LogP contribution is -2.34. The van der Waals surface area contributed by atoms with Crippen LogP contribution in [-0.4, -0.2) is 47.4 Å². The van der Waals surface area contributed by atoms with Crippen LogP contribution in [0.3, 0.4) is 0 Å². The smallest absolute Gasteiger partial charge is 0.290 e. The van der Waals surface area contributed by atoms with Crippen molar-refractivity contribution in [3.8, 4) is 0 Å². The fraction of sp³-hybridized carbons (Fsp3) is 0.700. The van der Waals surface area contributed by atoms with Crippen molar-refractivity contribution in [1.82, 2.24) is 16.0 Å². The third kappa shape index (κ3) is 4.32. The minimum Gasteiger partial charge on any atom is -0.483 e. The molecule has 0 amide bonds. The summed E-state index contributed by atoms with van der Waals surface area (Å²) < 4.78 is 0. The van der Waals surface area contributed by atoms with Crippen molar-refractivity contribution in [2.45, 2.75) is 19.3 Å². The summed E-state index contributed by atoms with van der Waals surface area (Å²) in [6.45, 7) is 2.27. The van der Waals surface area contributed by atoms with Crippen LogP contribution in [-0.2, 0) is 4.79 Å². The molecule has 2 aliphatic heterocycles. The third-order valence-corrected chi connectivity index (χ3v) is 3.44. The van der Waals surface area contributed by atoms with Crippen molar-refractivity contribution in [1.29, 1.82) is 0 Å². The van der Waals surface area contributed by atoms with E-state index in [4.69, 9.17) is 9.90 Å². The van der Waals surface area contributed by atoms with E-state index in [1.54, 1.807) is 0 Å². The number of thioether (sulfide) groups is 1. The molecule has 0 aromatic heterocycles. The van der Waals surface area contributed by atoms with Gasteiger partial charge in [0.2, 0.25) is 0 Å². The number of rotatable bonds is 1. The van der Waals surface area contributed by atoms with E-state index in [2.05, 4.69) is 22.3 Å². The lowest BCUT2D eigenvalue weighted by atomic mass is 10.1. The predicted octanol–water partition coefficient (Wildman–Crippen LogP) is 1.77. The van der Waals surface area contributed by atoms with Gasteiger partial charge in [0, 0.05) is 25.5 Å². The van der Waals surface area contributed by atoms with Crippen LogP contribution >= 0.6 is 11.8 Å². The number of carbonyl (C=O) groups is 1. The third-order valence-electron chi connectivity index (χ3n) is 2.53. The lowest BCUT2D eigenvalue weighted by Gasteiger charge is -2.33. The number of piperidine rings is 1. The highest BCUT2D eigenvalue weighted by Gasteiger charge is 2.19. The van der Waals surface area contributed by atoms with Gasteiger partial charge in [-0.3, -0.25) is 4.79 Å². The van der Waals surface area contributed by atoms with Crippen molar-refractivity contribution in [3.63, 3.8) is 0 Å². The van der Waals surface area contributed by atoms with Crippen LogP contribution in [0.4, 0.5) is 0 Å². The lowest BCUT2D eigenvalue weighted by molar-refractivity contribution is -0.122. The first-order valence-corrected chi connectivity index (χ1v) is 6.20. The van der Waals surface area contributed by atoms with Crippen molar-refractivity contribution >= 4 is 18.2 Å². The molecule has 1 fully saturated rings. The maximum absolute atomic E-state index is 8.36. The van der Waals surface area contributed by atoms with Crippen molar-refractivity contribution < 1.29 is 9.90 Å². The Balaban J connectivity index is 0.000000511. The topological polar surface area (TPSA) is 78.8 Å². The summed E-state index contributed by atoms with van der Waals surface area (Å²) in [6.07, 6.45) is 4.16. The fourth-order valence-electron chi connectivity index (χ4n) is 1.82. The van der Waals surface area contributed by atoms with Gasteiger partial charge in [0.25, 0.3) is 6.47 Å². The molecular formula is C10H21N3O2S. The van der Waals surface area contributed by atoms with E-state index in [1.807, 2.05) is 11.8 Å². The molecule has 94 valence electrons. The van der Waals surface area contributed by atoms with E-state index in [-0.39, 0.29) is 12.6 Å². The molecule has 0 aromatic carbocycles. The standard InChI is InChI=1S/C9H16N2S.CH2O2.H3N/c1-10-8-12-7-9(10)11-5-3-2-4-6-11;2-1-3;/h7H,2-6,8H2,1H3;1H,(H,2,3);1H3. The number of carboxylic acid groups (broad SMARTS) is 1. The molecule has 0 radical (unpaired) electrons. The molecular weight excluding hydrogens is 226 g/mol. The largest absolute Gasteiger partial charge is 0.483 e. The molecule has 0 unspecified atom stereocenters. The molecule has 0 spiro atoms. The number of likely N-dealkylation sites (tertiary alicyclic amines) is 1. The zero-order chi connectivity index (χ0) is 11.1. The van der Waals surface area contributed by atoms with Crippen LogP contribution in [0.1, 0.15) is 19.3 Å². The molecule has 0 aliphatic carbocycles. The Morgan fingerprint density at radius 2 is 1.94 bits per heavy atom. The van der Waals surface area contributed by atoms with Gasteiger partial charge in [-0.05, 0) is 19.3 Å². The molecule has 2 rings (SSSR count). The summed E-state index contributed by atoms with van der Waals surface area (Å²) in [4.78, 5) is 13.2. The second-order valence-electron chi connectivity index (χ2n) is 3.62. The van der Waals surface area contributed by atoms with Crippen LogP contribution in [0, 0.1) is 0 Å². The second kappa shape index (κ2) is 8.29. The second-order valence-corrected chi connectivity index (χ2v) is 4.45. The monoisotopic (exact) mass is 247 g/mol. The molecule has 2 aliphatic rings. The summed E-state index contributed by atoms with van der Waals surface area (Å²) in [7, 11) is 2.18. The number of hydrogen-bond acceptors (Lipinski definition) is 5. The molecule has 4 N–H and O–H groups in total. The first kappa shape index (κ1) is 15.1. The average Bonchev–Trinajstić information content (AvgIpc) is 2.67. The SMILES string of the molecule is CN1CSC=C1N1CCCCC1.N.O=CO. The van der Waals surface area contributed by atoms with Gasteiger partial charge < -0.3 is 21.1 Å². The minimum absolute atomic E-state index is 0. The molecule has 0 bridgehead atoms. The maximum atomic E-state index is 8.36. The molecule has 0 atom stereocenters. The van der Waals surface area contributed by atoms with Crippen LogP contribution < -0.4 is 6.15 Å². The van der Waals surface area contributed by atoms with Gasteiger partial charge in [-0.2, -0.15) is 0 Å². The Kier molecular flexibility index (Phi) is 7.84. The van der Waals surface area contributed by atoms with E-state index in [0.717, 1.165) is 5.88 Å². The minimum atomic E-state index is -0.250. The first-order valence-electron chi connectivity index (χ1n) is 5.15. The molecule has 0 saturated carbocycles. The molecule has 16 heavy (non-hydrogen) atoms. The van der Waals surface area contributed by atoms with Gasteiger partial charge in [-0.15, -0.1) is 11.8 Å². The van der Waals surface area contributed by atoms with E-state index in [0.29, 0.717) is 0 Å². The van der Waals surface area contributed by atoms with Crippen LogP contribution in [0.25, 0.3) is 0 Å². The molecule has 0 aromatic rings. The van der Waals surface area contributed by atoms with Gasteiger partial charge in [0.15, 0.2) is 0 Å². The summed E-state index contributed by atoms with van der Waals surface area (Å²) in [6, 6.07) is 0. The zero-order valence-electron chi connectivity index (χ0n) is 9.76. The average molecular weight is 247 g/mol. The number of nitrogens with zero attached hydrogens (tertiary/aromatic N) is 2. The van der Waals surface area contributed by atoms with Crippen molar-refractivity contribution in [2.24, 2.45) is 0 Å². The Morgan fingerprint density at radius 1 is 1.38 bits per heavy atom. The summed E-state index contributed by atoms with van der Waals surface area (Å²) in [5.74, 6) is 2.57. The maximum Gasteiger partial charge on any atom is 0.290 e. The van der Waals surface area contributed by atoms with Gasteiger partial charge in [-0.1, -0.05) is 0 Å². The molecule has 6 heteroatoms. The van der Waals surface area contributed by atoms with Crippen molar-refractivity contribution in [3.05, 3.63) is 11.2 Å². The van der Waals surface area contributed by atoms with E-state index >= 15 is 0 Å². The van der Waals surface area contributed by atoms with Crippen molar-refractivity contribution in [2.75, 3.05) is 26.0 Å². The van der Waals surface area contributed by atoms with Gasteiger partial charge in [0.1, 0.15) is 5.82 Å². The highest BCUT2D eigenvalue weighted by Crippen LogP contribution is 2.26. The van der Waals surface area contributed by atoms with E-state index in [9.17, 15) is 0 Å². The Bertz CT molecular complexity index is 230. The number of hydrogen-bond donors (Lipinski definition) is 2. The first-order chi connectivity index (χ1) is 7.29. The Labute approximate surface area is 101 Å². The Morgan fingerprint density at radius 3 is 2.38 bits per heavy atom. The van der Waals surface area contributed by atoms with Gasteiger partial charge >= 0.3 is 0 Å². The van der Waals surface area contributed by atoms with Gasteiger partial charge in [-0.25, -0.2) is 0 Å². The van der Waals surface area contributed by atoms with Crippen LogP contribution in [0.5, 0.6) is 0 Å². The zero-order valence-corrected chi connectivity index (χ0v) is 10.6. The van der Waals surface area contributed by atoms with E-state index < -0.39 is 0 Å². The summed E-state index contributed by atoms with van der Waals surface area (Å²) in [5.41, 5.74) is 0. The van der Waals surface area contributed by atoms with Gasteiger partial charge in [0.05, 0.1) is 5.88 Å².